The Bertz CT molecular complexity index is 728. The molecule has 0 aromatic heterocycles. The fourth-order valence-corrected chi connectivity index (χ4v) is 2.90. The maximum atomic E-state index is 12.6. The third kappa shape index (κ3) is 8.83. The Hall–Kier alpha value is -2.79. The molecule has 11 heteroatoms. The van der Waals surface area contributed by atoms with Gasteiger partial charge in [-0.25, -0.2) is 4.79 Å². The van der Waals surface area contributed by atoms with Crippen LogP contribution in [-0.2, 0) is 25.6 Å². The molecule has 160 valence electrons. The molecule has 0 spiro atoms. The lowest BCUT2D eigenvalue weighted by Gasteiger charge is -2.22. The Balaban J connectivity index is 2.83. The van der Waals surface area contributed by atoms with E-state index in [1.807, 2.05) is 6.26 Å². The number of phenols is 1. The highest BCUT2D eigenvalue weighted by atomic mass is 32.2. The second kappa shape index (κ2) is 11.9. The van der Waals surface area contributed by atoms with Crippen LogP contribution in [0.1, 0.15) is 18.4 Å². The molecule has 1 aromatic rings. The van der Waals surface area contributed by atoms with E-state index in [2.05, 4.69) is 10.6 Å². The topological polar surface area (TPSA) is 185 Å². The first-order valence-corrected chi connectivity index (χ1v) is 10.2. The zero-order valence-electron chi connectivity index (χ0n) is 16.0. The summed E-state index contributed by atoms with van der Waals surface area (Å²) in [5.41, 5.74) is 11.2. The van der Waals surface area contributed by atoms with Gasteiger partial charge >= 0.3 is 5.97 Å². The van der Waals surface area contributed by atoms with E-state index < -0.39 is 41.8 Å². The summed E-state index contributed by atoms with van der Waals surface area (Å²) in [6, 6.07) is 2.47. The summed E-state index contributed by atoms with van der Waals surface area (Å²) in [5, 5.41) is 23.6. The van der Waals surface area contributed by atoms with Gasteiger partial charge in [0.1, 0.15) is 17.8 Å². The zero-order valence-corrected chi connectivity index (χ0v) is 16.8. The molecule has 0 fully saturated rings. The molecule has 29 heavy (non-hydrogen) atoms. The third-order valence-electron chi connectivity index (χ3n) is 3.99. The lowest BCUT2D eigenvalue weighted by Crippen LogP contribution is -2.55. The monoisotopic (exact) mass is 426 g/mol. The van der Waals surface area contributed by atoms with Gasteiger partial charge in [-0.15, -0.1) is 0 Å². The number of aromatic hydroxyl groups is 1. The molecule has 10 nitrogen and oxygen atoms in total. The van der Waals surface area contributed by atoms with Gasteiger partial charge in [-0.05, 0) is 36.1 Å². The van der Waals surface area contributed by atoms with Gasteiger partial charge in [-0.3, -0.25) is 14.4 Å². The van der Waals surface area contributed by atoms with Gasteiger partial charge in [0.2, 0.25) is 17.7 Å². The number of carboxylic acids is 1. The van der Waals surface area contributed by atoms with Crippen LogP contribution in [0.5, 0.6) is 5.75 Å². The van der Waals surface area contributed by atoms with Gasteiger partial charge in [-0.2, -0.15) is 11.8 Å². The van der Waals surface area contributed by atoms with E-state index in [9.17, 15) is 29.4 Å². The highest BCUT2D eigenvalue weighted by Gasteiger charge is 2.28. The molecule has 3 atom stereocenters. The van der Waals surface area contributed by atoms with Gasteiger partial charge in [0.05, 0.1) is 12.5 Å². The molecule has 3 amide bonds. The standard InChI is InChI=1S/C18H26N4O6S/c1-29-7-6-13(21-16(25)12(19)9-15(20)24)17(26)22-14(18(27)28)8-10-2-4-11(23)5-3-10/h2-5,12-14,23H,6-9,19H2,1H3,(H2,20,24)(H,21,25)(H,22,26)(H,27,28)/t12-,13-,14-/m0/s1. The average molecular weight is 426 g/mol. The Morgan fingerprint density at radius 3 is 2.17 bits per heavy atom. The molecule has 0 aliphatic heterocycles. The number of rotatable bonds is 12. The summed E-state index contributed by atoms with van der Waals surface area (Å²) in [5.74, 6) is -2.83. The molecule has 1 aromatic carbocycles. The van der Waals surface area contributed by atoms with E-state index in [1.165, 1.54) is 23.9 Å². The van der Waals surface area contributed by atoms with Crippen molar-refractivity contribution in [3.8, 4) is 5.75 Å². The van der Waals surface area contributed by atoms with Gasteiger partial charge in [0.25, 0.3) is 0 Å². The number of carbonyl (C=O) groups excluding carboxylic acids is 3. The summed E-state index contributed by atoms with van der Waals surface area (Å²) in [4.78, 5) is 47.2. The van der Waals surface area contributed by atoms with Crippen molar-refractivity contribution in [3.63, 3.8) is 0 Å². The second-order valence-electron chi connectivity index (χ2n) is 6.39. The van der Waals surface area contributed by atoms with Crippen molar-refractivity contribution in [3.05, 3.63) is 29.8 Å². The normalized spacial score (nSPS) is 13.7. The van der Waals surface area contributed by atoms with Crippen LogP contribution in [0.15, 0.2) is 24.3 Å². The van der Waals surface area contributed by atoms with E-state index in [0.717, 1.165) is 0 Å². The van der Waals surface area contributed by atoms with Gasteiger partial charge < -0.3 is 32.3 Å². The number of amides is 3. The maximum absolute atomic E-state index is 12.6. The van der Waals surface area contributed by atoms with E-state index >= 15 is 0 Å². The minimum Gasteiger partial charge on any atom is -0.508 e. The summed E-state index contributed by atoms with van der Waals surface area (Å²) < 4.78 is 0. The summed E-state index contributed by atoms with van der Waals surface area (Å²) in [7, 11) is 0. The SMILES string of the molecule is CSCC[C@H](NC(=O)[C@@H](N)CC(N)=O)C(=O)N[C@@H](Cc1ccc(O)cc1)C(=O)O. The zero-order chi connectivity index (χ0) is 22.0. The van der Waals surface area contributed by atoms with Crippen LogP contribution >= 0.6 is 11.8 Å². The van der Waals surface area contributed by atoms with Crippen molar-refractivity contribution in [1.29, 1.82) is 0 Å². The smallest absolute Gasteiger partial charge is 0.326 e. The van der Waals surface area contributed by atoms with Crippen molar-refractivity contribution in [1.82, 2.24) is 10.6 Å². The van der Waals surface area contributed by atoms with Gasteiger partial charge in [-0.1, -0.05) is 12.1 Å². The van der Waals surface area contributed by atoms with E-state index in [1.54, 1.807) is 12.1 Å². The molecule has 0 saturated carbocycles. The molecule has 0 aliphatic carbocycles. The first kappa shape index (κ1) is 24.2. The van der Waals surface area contributed by atoms with Crippen LogP contribution in [0.25, 0.3) is 0 Å². The number of phenolic OH excluding ortho intramolecular Hbond substituents is 1. The number of carbonyl (C=O) groups is 4. The lowest BCUT2D eigenvalue weighted by molar-refractivity contribution is -0.142. The summed E-state index contributed by atoms with van der Waals surface area (Å²) in [6.07, 6.45) is 1.68. The van der Waals surface area contributed by atoms with Gasteiger partial charge in [0, 0.05) is 6.42 Å². The van der Waals surface area contributed by atoms with Crippen LogP contribution in [-0.4, -0.2) is 64.0 Å². The predicted molar refractivity (Wildman–Crippen MR) is 108 cm³/mol. The molecular formula is C18H26N4O6S. The largest absolute Gasteiger partial charge is 0.508 e. The molecule has 0 saturated heterocycles. The van der Waals surface area contributed by atoms with Crippen LogP contribution < -0.4 is 22.1 Å². The Morgan fingerprint density at radius 1 is 1.07 bits per heavy atom. The maximum Gasteiger partial charge on any atom is 0.326 e. The minimum absolute atomic E-state index is 0.00820. The molecule has 1 rings (SSSR count). The lowest BCUT2D eigenvalue weighted by atomic mass is 10.0. The quantitative estimate of drug-likeness (QED) is 0.244. The number of carboxylic acid groups (broad SMARTS) is 1. The van der Waals surface area contributed by atoms with Crippen LogP contribution in [0.4, 0.5) is 0 Å². The third-order valence-corrected chi connectivity index (χ3v) is 4.64. The Labute approximate surface area is 172 Å². The number of hydrogen-bond donors (Lipinski definition) is 6. The molecule has 0 radical (unpaired) electrons. The van der Waals surface area contributed by atoms with Crippen molar-refractivity contribution >= 4 is 35.5 Å². The molecule has 0 bridgehead atoms. The van der Waals surface area contributed by atoms with E-state index in [-0.39, 0.29) is 25.0 Å². The predicted octanol–water partition coefficient (Wildman–Crippen LogP) is -1.06. The highest BCUT2D eigenvalue weighted by molar-refractivity contribution is 7.98. The molecule has 8 N–H and O–H groups in total. The number of benzene rings is 1. The molecule has 0 unspecified atom stereocenters. The number of nitrogens with one attached hydrogen (secondary N) is 2. The van der Waals surface area contributed by atoms with E-state index in [4.69, 9.17) is 11.5 Å². The van der Waals surface area contributed by atoms with Crippen LogP contribution in [0.3, 0.4) is 0 Å². The number of aliphatic carboxylic acids is 1. The molecule has 0 heterocycles. The minimum atomic E-state index is -1.24. The summed E-state index contributed by atoms with van der Waals surface area (Å²) >= 11 is 1.45. The van der Waals surface area contributed by atoms with Crippen LogP contribution in [0.2, 0.25) is 0 Å². The van der Waals surface area contributed by atoms with Crippen LogP contribution in [0, 0.1) is 0 Å². The van der Waals surface area contributed by atoms with Gasteiger partial charge in [0.15, 0.2) is 0 Å². The summed E-state index contributed by atoms with van der Waals surface area (Å²) in [6.45, 7) is 0. The first-order chi connectivity index (χ1) is 13.6. The average Bonchev–Trinajstić information content (AvgIpc) is 2.65. The van der Waals surface area contributed by atoms with E-state index in [0.29, 0.717) is 11.3 Å². The molecular weight excluding hydrogens is 400 g/mol. The van der Waals surface area contributed by atoms with Crippen molar-refractivity contribution in [2.24, 2.45) is 11.5 Å². The highest BCUT2D eigenvalue weighted by Crippen LogP contribution is 2.12. The fourth-order valence-electron chi connectivity index (χ4n) is 2.43. The number of thioether (sulfide) groups is 1. The number of primary amides is 1. The Morgan fingerprint density at radius 2 is 1.66 bits per heavy atom. The second-order valence-corrected chi connectivity index (χ2v) is 7.38. The van der Waals surface area contributed by atoms with Crippen molar-refractivity contribution < 1.29 is 29.4 Å². The number of nitrogens with two attached hydrogens (primary N) is 2. The first-order valence-electron chi connectivity index (χ1n) is 8.78. The van der Waals surface area contributed by atoms with Crippen molar-refractivity contribution in [2.45, 2.75) is 37.4 Å². The number of hydrogen-bond acceptors (Lipinski definition) is 7. The van der Waals surface area contributed by atoms with Crippen molar-refractivity contribution in [2.75, 3.05) is 12.0 Å². The fraction of sp³-hybridized carbons (Fsp3) is 0.444. The Kier molecular flexibility index (Phi) is 9.97. The molecule has 0 aliphatic rings.